The summed E-state index contributed by atoms with van der Waals surface area (Å²) in [5, 5.41) is 11.7. The van der Waals surface area contributed by atoms with Crippen LogP contribution in [-0.2, 0) is 40.0 Å². The Balaban J connectivity index is 1.92. The van der Waals surface area contributed by atoms with Gasteiger partial charge < -0.3 is 25.3 Å². The molecule has 0 aliphatic carbocycles. The number of esters is 1. The molecule has 0 amide bonds. The Morgan fingerprint density at radius 3 is 2.49 bits per heavy atom. The fourth-order valence-electron chi connectivity index (χ4n) is 5.00. The number of nitrogens with zero attached hydrogens (tertiary/aromatic N) is 4. The van der Waals surface area contributed by atoms with E-state index in [1.807, 2.05) is 30.5 Å². The molecular formula is C32H37F3N6O3S. The maximum Gasteiger partial charge on any atom is 0.416 e. The fraction of sp³-hybridized carbons (Fsp3) is 0.406. The van der Waals surface area contributed by atoms with E-state index < -0.39 is 29.8 Å². The zero-order valence-corrected chi connectivity index (χ0v) is 26.2. The molecule has 3 rings (SSSR count). The van der Waals surface area contributed by atoms with Crippen LogP contribution >= 0.6 is 12.2 Å². The van der Waals surface area contributed by atoms with Crippen LogP contribution in [0.15, 0.2) is 61.1 Å². The molecule has 3 aromatic rings. The molecule has 0 saturated heterocycles. The minimum absolute atomic E-state index is 0.0328. The normalized spacial score (nSPS) is 13.3. The quantitative estimate of drug-likeness (QED) is 0.145. The number of nitrogens with one attached hydrogen (secondary N) is 1. The van der Waals surface area contributed by atoms with Gasteiger partial charge in [-0.25, -0.2) is 4.98 Å². The lowest BCUT2D eigenvalue weighted by Crippen LogP contribution is -2.57. The van der Waals surface area contributed by atoms with E-state index in [9.17, 15) is 22.8 Å². The van der Waals surface area contributed by atoms with Gasteiger partial charge in [0, 0.05) is 31.4 Å². The first-order valence-corrected chi connectivity index (χ1v) is 14.9. The number of imidazole rings is 1. The molecular weight excluding hydrogens is 605 g/mol. The van der Waals surface area contributed by atoms with Crippen LogP contribution in [-0.4, -0.2) is 50.6 Å². The largest absolute Gasteiger partial charge is 0.465 e. The van der Waals surface area contributed by atoms with Gasteiger partial charge in [0.1, 0.15) is 12.3 Å². The minimum Gasteiger partial charge on any atom is -0.465 e. The molecule has 0 aliphatic heterocycles. The van der Waals surface area contributed by atoms with Crippen LogP contribution in [0.1, 0.15) is 55.1 Å². The van der Waals surface area contributed by atoms with Gasteiger partial charge in [-0.3, -0.25) is 9.59 Å². The third-order valence-electron chi connectivity index (χ3n) is 7.56. The van der Waals surface area contributed by atoms with Gasteiger partial charge in [0.05, 0.1) is 42.2 Å². The van der Waals surface area contributed by atoms with Crippen LogP contribution in [0, 0.1) is 23.2 Å². The molecule has 0 bridgehead atoms. The number of halogens is 3. The van der Waals surface area contributed by atoms with E-state index in [4.69, 9.17) is 28.0 Å². The second-order valence-electron chi connectivity index (χ2n) is 10.6. The number of ketones is 1. The lowest BCUT2D eigenvalue weighted by atomic mass is 9.83. The molecule has 0 saturated carbocycles. The zero-order chi connectivity index (χ0) is 33.1. The number of nitriles is 1. The summed E-state index contributed by atoms with van der Waals surface area (Å²) in [4.78, 5) is 31.6. The lowest BCUT2D eigenvalue weighted by molar-refractivity contribution is -0.141. The van der Waals surface area contributed by atoms with Crippen molar-refractivity contribution in [2.75, 3.05) is 13.2 Å². The minimum atomic E-state index is -4.63. The molecule has 3 atom stereocenters. The highest BCUT2D eigenvalue weighted by Gasteiger charge is 2.38. The number of Topliss-reactive ketones (excluding diaryl/α,β-unsaturated/α-hetero) is 1. The molecule has 0 spiro atoms. The number of hydrogen-bond acceptors (Lipinski definition) is 7. The van der Waals surface area contributed by atoms with Crippen molar-refractivity contribution < 1.29 is 27.5 Å². The van der Waals surface area contributed by atoms with Crippen molar-refractivity contribution in [3.8, 4) is 6.07 Å². The maximum atomic E-state index is 14.0. The van der Waals surface area contributed by atoms with E-state index in [0.29, 0.717) is 24.2 Å². The Hall–Kier alpha value is -4.28. The number of alkyl halides is 3. The van der Waals surface area contributed by atoms with Crippen LogP contribution < -0.4 is 11.1 Å². The predicted molar refractivity (Wildman–Crippen MR) is 166 cm³/mol. The average Bonchev–Trinajstić information content (AvgIpc) is 3.44. The number of nitrogens with two attached hydrogens (primary N) is 1. The average molecular weight is 643 g/mol. The number of hydrogen-bond donors (Lipinski definition) is 2. The van der Waals surface area contributed by atoms with Crippen molar-refractivity contribution in [2.45, 2.75) is 59.0 Å². The van der Waals surface area contributed by atoms with E-state index in [1.165, 1.54) is 23.1 Å². The smallest absolute Gasteiger partial charge is 0.416 e. The van der Waals surface area contributed by atoms with Crippen molar-refractivity contribution >= 4 is 29.1 Å². The summed E-state index contributed by atoms with van der Waals surface area (Å²) in [6, 6.07) is 14.2. The highest BCUT2D eigenvalue weighted by Crippen LogP contribution is 2.33. The highest BCUT2D eigenvalue weighted by molar-refractivity contribution is 7.80. The van der Waals surface area contributed by atoms with Crippen molar-refractivity contribution in [1.82, 2.24) is 19.8 Å². The van der Waals surface area contributed by atoms with E-state index in [1.54, 1.807) is 31.6 Å². The maximum absolute atomic E-state index is 14.0. The number of thiocarbonyl (C=S) groups is 1. The van der Waals surface area contributed by atoms with Gasteiger partial charge in [0.25, 0.3) is 0 Å². The summed E-state index contributed by atoms with van der Waals surface area (Å²) in [6.45, 7) is 5.26. The standard InChI is InChI=1S/C32H37F3N6O3S/c1-4-21(3)29(27(42)14-25-16-38-20-40(25)18-23-12-10-22(15-36)11-13-23)30(37)41(31(45)39-17-28(43)44-5-2)19-24-8-6-7-9-26(24)32(33,34)35/h6-13,16,20-21,29-30H,4-5,14,17-19,37H2,1-3H3,(H,39,45)/t21-,29+,30?/m0/s1. The molecule has 13 heteroatoms. The summed E-state index contributed by atoms with van der Waals surface area (Å²) in [5.41, 5.74) is 7.88. The summed E-state index contributed by atoms with van der Waals surface area (Å²) in [5.74, 6) is -1.95. The first-order valence-electron chi connectivity index (χ1n) is 14.5. The van der Waals surface area contributed by atoms with E-state index in [2.05, 4.69) is 16.4 Å². The van der Waals surface area contributed by atoms with Crippen LogP contribution in [0.3, 0.4) is 0 Å². The van der Waals surface area contributed by atoms with Gasteiger partial charge >= 0.3 is 12.1 Å². The predicted octanol–water partition coefficient (Wildman–Crippen LogP) is 4.82. The third kappa shape index (κ3) is 9.60. The van der Waals surface area contributed by atoms with Crippen LogP contribution in [0.4, 0.5) is 13.2 Å². The zero-order valence-electron chi connectivity index (χ0n) is 25.4. The van der Waals surface area contributed by atoms with Crippen LogP contribution in [0.2, 0.25) is 0 Å². The molecule has 45 heavy (non-hydrogen) atoms. The van der Waals surface area contributed by atoms with E-state index >= 15 is 0 Å². The van der Waals surface area contributed by atoms with Crippen molar-refractivity contribution in [3.63, 3.8) is 0 Å². The second kappa shape index (κ2) is 16.2. The fourth-order valence-corrected chi connectivity index (χ4v) is 5.26. The molecule has 0 fully saturated rings. The molecule has 0 radical (unpaired) electrons. The molecule has 1 heterocycles. The number of benzene rings is 2. The Morgan fingerprint density at radius 2 is 1.87 bits per heavy atom. The van der Waals surface area contributed by atoms with E-state index in [-0.39, 0.29) is 48.5 Å². The monoisotopic (exact) mass is 642 g/mol. The Kier molecular flexibility index (Phi) is 12.6. The van der Waals surface area contributed by atoms with Gasteiger partial charge in [-0.2, -0.15) is 18.4 Å². The van der Waals surface area contributed by atoms with Crippen molar-refractivity contribution in [1.29, 1.82) is 5.26 Å². The molecule has 9 nitrogen and oxygen atoms in total. The van der Waals surface area contributed by atoms with Crippen molar-refractivity contribution in [3.05, 3.63) is 89.0 Å². The molecule has 3 N–H and O–H groups in total. The number of ether oxygens (including phenoxy) is 1. The molecule has 2 aromatic carbocycles. The van der Waals surface area contributed by atoms with Crippen LogP contribution in [0.25, 0.3) is 0 Å². The number of carbonyl (C=O) groups excluding carboxylic acids is 2. The Labute approximate surface area is 266 Å². The summed E-state index contributed by atoms with van der Waals surface area (Å²) >= 11 is 5.55. The number of aromatic nitrogens is 2. The first-order chi connectivity index (χ1) is 21.4. The lowest BCUT2D eigenvalue weighted by Gasteiger charge is -2.38. The summed E-state index contributed by atoms with van der Waals surface area (Å²) in [6.07, 6.45) is -2.05. The Morgan fingerprint density at radius 1 is 1.18 bits per heavy atom. The molecule has 1 unspecified atom stereocenters. The van der Waals surface area contributed by atoms with Gasteiger partial charge in [0.2, 0.25) is 0 Å². The summed E-state index contributed by atoms with van der Waals surface area (Å²) < 4.78 is 48.5. The third-order valence-corrected chi connectivity index (χ3v) is 7.94. The topological polar surface area (TPSA) is 126 Å². The van der Waals surface area contributed by atoms with Gasteiger partial charge in [0.15, 0.2) is 5.11 Å². The van der Waals surface area contributed by atoms with Gasteiger partial charge in [-0.1, -0.05) is 50.6 Å². The molecule has 0 aliphatic rings. The SMILES string of the molecule is CCOC(=O)CNC(=S)N(Cc1ccccc1C(F)(F)F)C(N)[C@@H](C(=O)Cc1cncn1Cc1ccc(C#N)cc1)[C@@H](C)CC. The second-order valence-corrected chi connectivity index (χ2v) is 11.0. The number of carbonyl (C=O) groups is 2. The van der Waals surface area contributed by atoms with Gasteiger partial charge in [-0.15, -0.1) is 0 Å². The summed E-state index contributed by atoms with van der Waals surface area (Å²) in [7, 11) is 0. The molecule has 1 aromatic heterocycles. The Bertz CT molecular complexity index is 1500. The van der Waals surface area contributed by atoms with Crippen molar-refractivity contribution in [2.24, 2.45) is 17.6 Å². The first kappa shape index (κ1) is 35.2. The van der Waals surface area contributed by atoms with Gasteiger partial charge in [-0.05, 0) is 54.4 Å². The molecule has 240 valence electrons. The number of rotatable bonds is 14. The van der Waals surface area contributed by atoms with Crippen LogP contribution in [0.5, 0.6) is 0 Å². The van der Waals surface area contributed by atoms with E-state index in [0.717, 1.165) is 11.6 Å². The highest BCUT2D eigenvalue weighted by atomic mass is 32.1.